The summed E-state index contributed by atoms with van der Waals surface area (Å²) in [6.45, 7) is 0. The van der Waals surface area contributed by atoms with Crippen molar-refractivity contribution in [1.29, 1.82) is 0 Å². The third kappa shape index (κ3) is 2.48. The molecule has 0 fully saturated rings. The average molecular weight is 414 g/mol. The number of furan rings is 1. The molecule has 1 aliphatic carbocycles. The second-order valence-electron chi connectivity index (χ2n) is 7.25. The molecule has 30 heavy (non-hydrogen) atoms. The van der Waals surface area contributed by atoms with Crippen LogP contribution in [0.3, 0.4) is 0 Å². The molecule has 0 spiro atoms. The van der Waals surface area contributed by atoms with Crippen molar-refractivity contribution in [3.63, 3.8) is 0 Å². The highest BCUT2D eigenvalue weighted by Gasteiger charge is 2.32. The number of benzene rings is 2. The number of methoxy groups -OCH3 is 1. The first kappa shape index (κ1) is 17.3. The lowest BCUT2D eigenvalue weighted by molar-refractivity contribution is 0.415. The molecular formula is C23H18N4O2S. The number of thiazole rings is 1. The lowest BCUT2D eigenvalue weighted by Crippen LogP contribution is -2.43. The number of aromatic nitrogens is 1. The van der Waals surface area contributed by atoms with E-state index in [1.165, 1.54) is 16.0 Å². The molecule has 7 heteroatoms. The van der Waals surface area contributed by atoms with Crippen LogP contribution in [-0.2, 0) is 6.42 Å². The van der Waals surface area contributed by atoms with Crippen molar-refractivity contribution in [2.45, 2.75) is 12.6 Å². The van der Waals surface area contributed by atoms with E-state index >= 15 is 0 Å². The fraction of sp³-hybridized carbons (Fsp3) is 0.130. The number of hydrogen-bond donors (Lipinski definition) is 1. The highest BCUT2D eigenvalue weighted by molar-refractivity contribution is 7.12. The maximum atomic E-state index is 6.60. The van der Waals surface area contributed by atoms with Gasteiger partial charge >= 0.3 is 0 Å². The first-order chi connectivity index (χ1) is 14.7. The Morgan fingerprint density at radius 1 is 1.13 bits per heavy atom. The van der Waals surface area contributed by atoms with Gasteiger partial charge in [-0.25, -0.2) is 9.98 Å². The van der Waals surface area contributed by atoms with Crippen LogP contribution in [0.5, 0.6) is 5.75 Å². The SMILES string of the molecule is COc1ccc(N2C(N)=c3ccoc3=NC2c2nc3c(s2)Cc2ccccc2-3)cc1. The van der Waals surface area contributed by atoms with Crippen molar-refractivity contribution in [3.8, 4) is 17.0 Å². The van der Waals surface area contributed by atoms with Gasteiger partial charge in [-0.15, -0.1) is 11.3 Å². The molecule has 2 N–H and O–H groups in total. The number of rotatable bonds is 3. The van der Waals surface area contributed by atoms with Gasteiger partial charge in [0.2, 0.25) is 5.55 Å². The Morgan fingerprint density at radius 2 is 1.97 bits per heavy atom. The van der Waals surface area contributed by atoms with E-state index < -0.39 is 0 Å². The van der Waals surface area contributed by atoms with Gasteiger partial charge in [-0.1, -0.05) is 24.3 Å². The molecule has 0 radical (unpaired) electrons. The van der Waals surface area contributed by atoms with Gasteiger partial charge in [0, 0.05) is 22.5 Å². The number of nitrogens with two attached hydrogens (primary N) is 1. The summed E-state index contributed by atoms with van der Waals surface area (Å²) in [6.07, 6.45) is 2.14. The van der Waals surface area contributed by atoms with Crippen molar-refractivity contribution in [3.05, 3.63) is 87.1 Å². The van der Waals surface area contributed by atoms with Crippen LogP contribution in [0, 0.1) is 0 Å². The Hall–Kier alpha value is -3.58. The maximum absolute atomic E-state index is 6.60. The molecule has 6 nitrogen and oxygen atoms in total. The molecule has 0 amide bonds. The summed E-state index contributed by atoms with van der Waals surface area (Å²) in [6, 6.07) is 18.1. The van der Waals surface area contributed by atoms with E-state index in [4.69, 9.17) is 24.9 Å². The van der Waals surface area contributed by atoms with E-state index in [9.17, 15) is 0 Å². The van der Waals surface area contributed by atoms with Crippen LogP contribution >= 0.6 is 11.3 Å². The van der Waals surface area contributed by atoms with Gasteiger partial charge in [-0.2, -0.15) is 0 Å². The zero-order valence-electron chi connectivity index (χ0n) is 16.2. The van der Waals surface area contributed by atoms with Gasteiger partial charge < -0.3 is 14.9 Å². The number of fused-ring (bicyclic) bond motifs is 4. The zero-order valence-corrected chi connectivity index (χ0v) is 17.0. The number of nitrogens with zero attached hydrogens (tertiary/aromatic N) is 3. The number of ether oxygens (including phenoxy) is 1. The standard InChI is InChI=1S/C23H18N4O2S/c1-28-15-8-6-14(7-9-15)27-20(24)17-10-11-29-22(17)26-21(27)23-25-19-16-5-3-2-4-13(16)12-18(19)30-23/h2-11,21H,12,24H2,1H3. The third-order valence-electron chi connectivity index (χ3n) is 5.57. The molecule has 2 aliphatic rings. The lowest BCUT2D eigenvalue weighted by atomic mass is 10.1. The zero-order chi connectivity index (χ0) is 20.2. The molecule has 4 aromatic rings. The largest absolute Gasteiger partial charge is 0.497 e. The Bertz CT molecular complexity index is 1390. The Kier molecular flexibility index (Phi) is 3.73. The Labute approximate surface area is 176 Å². The molecule has 0 saturated carbocycles. The molecule has 1 aliphatic heterocycles. The Morgan fingerprint density at radius 3 is 2.80 bits per heavy atom. The minimum Gasteiger partial charge on any atom is -0.497 e. The highest BCUT2D eigenvalue weighted by Crippen LogP contribution is 2.43. The van der Waals surface area contributed by atoms with E-state index in [2.05, 4.69) is 24.3 Å². The van der Waals surface area contributed by atoms with Gasteiger partial charge in [-0.3, -0.25) is 4.90 Å². The van der Waals surface area contributed by atoms with Crippen molar-refractivity contribution < 1.29 is 9.15 Å². The average Bonchev–Trinajstić information content (AvgIpc) is 3.48. The first-order valence-electron chi connectivity index (χ1n) is 9.65. The van der Waals surface area contributed by atoms with Crippen molar-refractivity contribution >= 4 is 22.8 Å². The van der Waals surface area contributed by atoms with Crippen LogP contribution in [0.2, 0.25) is 0 Å². The summed E-state index contributed by atoms with van der Waals surface area (Å²) in [5, 5.41) is 1.69. The molecule has 2 aromatic heterocycles. The van der Waals surface area contributed by atoms with Crippen LogP contribution in [0.25, 0.3) is 17.1 Å². The smallest absolute Gasteiger partial charge is 0.227 e. The molecule has 1 unspecified atom stereocenters. The van der Waals surface area contributed by atoms with Gasteiger partial charge in [0.15, 0.2) is 6.17 Å². The normalized spacial score (nSPS) is 16.6. The van der Waals surface area contributed by atoms with Gasteiger partial charge in [0.1, 0.15) is 16.6 Å². The number of hydrogen-bond acceptors (Lipinski definition) is 7. The maximum Gasteiger partial charge on any atom is 0.227 e. The fourth-order valence-electron chi connectivity index (χ4n) is 4.10. The van der Waals surface area contributed by atoms with E-state index in [1.807, 2.05) is 35.2 Å². The molecule has 0 bridgehead atoms. The third-order valence-corrected chi connectivity index (χ3v) is 6.67. The van der Waals surface area contributed by atoms with Crippen molar-refractivity contribution in [2.75, 3.05) is 12.0 Å². The predicted molar refractivity (Wildman–Crippen MR) is 116 cm³/mol. The summed E-state index contributed by atoms with van der Waals surface area (Å²) in [5.74, 6) is 1.39. The molecule has 1 atom stereocenters. The lowest BCUT2D eigenvalue weighted by Gasteiger charge is -2.31. The molecule has 6 rings (SSSR count). The summed E-state index contributed by atoms with van der Waals surface area (Å²) in [4.78, 5) is 13.2. The minimum atomic E-state index is -0.389. The fourth-order valence-corrected chi connectivity index (χ4v) is 5.24. The molecular weight excluding hydrogens is 396 g/mol. The topological polar surface area (TPSA) is 76.9 Å². The van der Waals surface area contributed by atoms with E-state index in [-0.39, 0.29) is 6.17 Å². The van der Waals surface area contributed by atoms with Gasteiger partial charge in [0.25, 0.3) is 0 Å². The first-order valence-corrected chi connectivity index (χ1v) is 10.5. The second-order valence-corrected chi connectivity index (χ2v) is 8.37. The summed E-state index contributed by atoms with van der Waals surface area (Å²) in [7, 11) is 1.65. The molecule has 148 valence electrons. The molecule has 3 heterocycles. The van der Waals surface area contributed by atoms with Crippen molar-refractivity contribution in [2.24, 2.45) is 10.7 Å². The summed E-state index contributed by atoms with van der Waals surface area (Å²) in [5.41, 5.74) is 11.6. The van der Waals surface area contributed by atoms with Crippen LogP contribution in [0.1, 0.15) is 21.6 Å². The van der Waals surface area contributed by atoms with Gasteiger partial charge in [-0.05, 0) is 35.9 Å². The second kappa shape index (κ2) is 6.47. The Balaban J connectivity index is 1.50. The molecule has 0 saturated heterocycles. The van der Waals surface area contributed by atoms with Crippen LogP contribution < -0.4 is 26.1 Å². The van der Waals surface area contributed by atoms with Gasteiger partial charge in [0.05, 0.1) is 24.3 Å². The highest BCUT2D eigenvalue weighted by atomic mass is 32.1. The molecule has 2 aromatic carbocycles. The summed E-state index contributed by atoms with van der Waals surface area (Å²) >= 11 is 1.69. The van der Waals surface area contributed by atoms with Crippen LogP contribution in [0.15, 0.2) is 70.3 Å². The minimum absolute atomic E-state index is 0.389. The summed E-state index contributed by atoms with van der Waals surface area (Å²) < 4.78 is 10.9. The monoisotopic (exact) mass is 414 g/mol. The van der Waals surface area contributed by atoms with Crippen LogP contribution in [0.4, 0.5) is 5.69 Å². The van der Waals surface area contributed by atoms with Crippen molar-refractivity contribution in [1.82, 2.24) is 4.98 Å². The quantitative estimate of drug-likeness (QED) is 0.491. The van der Waals surface area contributed by atoms with E-state index in [0.717, 1.165) is 33.8 Å². The van der Waals surface area contributed by atoms with E-state index in [0.29, 0.717) is 11.4 Å². The predicted octanol–water partition coefficient (Wildman–Crippen LogP) is 3.18. The van der Waals surface area contributed by atoms with Crippen LogP contribution in [-0.4, -0.2) is 12.1 Å². The number of anilines is 1. The van der Waals surface area contributed by atoms with E-state index in [1.54, 1.807) is 24.7 Å².